The van der Waals surface area contributed by atoms with Gasteiger partial charge in [0.25, 0.3) is 0 Å². The normalized spacial score (nSPS) is 11.2. The van der Waals surface area contributed by atoms with Crippen LogP contribution in [0, 0.1) is 0 Å². The maximum absolute atomic E-state index is 11.2. The van der Waals surface area contributed by atoms with E-state index in [1.165, 1.54) is 0 Å². The van der Waals surface area contributed by atoms with Crippen LogP contribution in [0.5, 0.6) is 0 Å². The predicted molar refractivity (Wildman–Crippen MR) is 71.0 cm³/mol. The molecule has 2 aromatic rings. The Kier molecular flexibility index (Phi) is 3.10. The molecule has 0 aliphatic carbocycles. The minimum atomic E-state index is -0.452. The maximum Gasteiger partial charge on any atom is 0.129 e. The molecule has 0 saturated carbocycles. The van der Waals surface area contributed by atoms with Crippen molar-refractivity contribution in [2.75, 3.05) is 0 Å². The van der Waals surface area contributed by atoms with Gasteiger partial charge in [-0.3, -0.25) is 0 Å². The first kappa shape index (κ1) is 11.6. The van der Waals surface area contributed by atoms with E-state index in [-0.39, 0.29) is 0 Å². The van der Waals surface area contributed by atoms with Crippen LogP contribution < -0.4 is 0 Å². The Morgan fingerprint density at radius 2 is 1.47 bits per heavy atom. The van der Waals surface area contributed by atoms with Crippen LogP contribution in [-0.4, -0.2) is 6.29 Å². The smallest absolute Gasteiger partial charge is 0.129 e. The monoisotopic (exact) mass is 224 g/mol. The van der Waals surface area contributed by atoms with Crippen molar-refractivity contribution < 1.29 is 4.79 Å². The van der Waals surface area contributed by atoms with E-state index in [1.807, 2.05) is 50.2 Å². The summed E-state index contributed by atoms with van der Waals surface area (Å²) in [5.74, 6) is 0. The Labute approximate surface area is 102 Å². The van der Waals surface area contributed by atoms with Gasteiger partial charge < -0.3 is 4.79 Å². The SMILES string of the molecule is CC(C)(C=O)c1ccccc1-c1ccccc1. The fourth-order valence-corrected chi connectivity index (χ4v) is 1.98. The van der Waals surface area contributed by atoms with Crippen molar-refractivity contribution in [2.45, 2.75) is 19.3 Å². The Hall–Kier alpha value is -1.89. The molecule has 2 aromatic carbocycles. The number of carbonyl (C=O) groups excluding carboxylic acids is 1. The van der Waals surface area contributed by atoms with Crippen molar-refractivity contribution in [3.63, 3.8) is 0 Å². The van der Waals surface area contributed by atoms with Gasteiger partial charge in [-0.15, -0.1) is 0 Å². The van der Waals surface area contributed by atoms with Crippen LogP contribution in [0.15, 0.2) is 54.6 Å². The summed E-state index contributed by atoms with van der Waals surface area (Å²) in [4.78, 5) is 11.2. The van der Waals surface area contributed by atoms with Gasteiger partial charge in [-0.05, 0) is 30.5 Å². The average molecular weight is 224 g/mol. The van der Waals surface area contributed by atoms with E-state index < -0.39 is 5.41 Å². The van der Waals surface area contributed by atoms with Crippen molar-refractivity contribution in [1.29, 1.82) is 0 Å². The molecule has 2 rings (SSSR count). The highest BCUT2D eigenvalue weighted by Crippen LogP contribution is 2.31. The van der Waals surface area contributed by atoms with Crippen LogP contribution >= 0.6 is 0 Å². The molecule has 0 unspecified atom stereocenters. The van der Waals surface area contributed by atoms with E-state index in [9.17, 15) is 4.79 Å². The van der Waals surface area contributed by atoms with Gasteiger partial charge in [-0.25, -0.2) is 0 Å². The molecule has 1 heteroatoms. The minimum absolute atomic E-state index is 0.452. The van der Waals surface area contributed by atoms with Gasteiger partial charge in [0.15, 0.2) is 0 Å². The summed E-state index contributed by atoms with van der Waals surface area (Å²) in [5.41, 5.74) is 2.90. The molecule has 0 aliphatic heterocycles. The molecule has 0 saturated heterocycles. The fraction of sp³-hybridized carbons (Fsp3) is 0.188. The van der Waals surface area contributed by atoms with Gasteiger partial charge in [-0.2, -0.15) is 0 Å². The zero-order chi connectivity index (χ0) is 12.3. The summed E-state index contributed by atoms with van der Waals surface area (Å²) in [6, 6.07) is 18.2. The molecular formula is C16H16O. The third-order valence-corrected chi connectivity index (χ3v) is 3.00. The molecule has 0 N–H and O–H groups in total. The number of hydrogen-bond donors (Lipinski definition) is 0. The molecule has 0 heterocycles. The van der Waals surface area contributed by atoms with Crippen molar-refractivity contribution in [2.24, 2.45) is 0 Å². The van der Waals surface area contributed by atoms with Gasteiger partial charge in [0.05, 0.1) is 0 Å². The van der Waals surface area contributed by atoms with E-state index in [0.717, 1.165) is 23.0 Å². The molecule has 0 bridgehead atoms. The standard InChI is InChI=1S/C16H16O/c1-16(2,12-17)15-11-7-6-10-14(15)13-8-4-3-5-9-13/h3-12H,1-2H3. The molecule has 86 valence electrons. The van der Waals surface area contributed by atoms with E-state index in [0.29, 0.717) is 0 Å². The maximum atomic E-state index is 11.2. The van der Waals surface area contributed by atoms with Crippen LogP contribution in [-0.2, 0) is 10.2 Å². The number of benzene rings is 2. The molecular weight excluding hydrogens is 208 g/mol. The van der Waals surface area contributed by atoms with Crippen molar-refractivity contribution >= 4 is 6.29 Å². The van der Waals surface area contributed by atoms with Crippen molar-refractivity contribution in [1.82, 2.24) is 0 Å². The summed E-state index contributed by atoms with van der Waals surface area (Å²) < 4.78 is 0. The largest absolute Gasteiger partial charge is 0.302 e. The summed E-state index contributed by atoms with van der Waals surface area (Å²) in [6.07, 6.45) is 1.01. The first-order valence-corrected chi connectivity index (χ1v) is 5.76. The first-order valence-electron chi connectivity index (χ1n) is 5.76. The molecule has 17 heavy (non-hydrogen) atoms. The van der Waals surface area contributed by atoms with Crippen molar-refractivity contribution in [3.8, 4) is 11.1 Å². The third kappa shape index (κ3) is 2.28. The average Bonchev–Trinajstić information content (AvgIpc) is 2.40. The number of aldehydes is 1. The minimum Gasteiger partial charge on any atom is -0.302 e. The van der Waals surface area contributed by atoms with Gasteiger partial charge >= 0.3 is 0 Å². The Bertz CT molecular complexity index is 512. The topological polar surface area (TPSA) is 17.1 Å². The second-order valence-corrected chi connectivity index (χ2v) is 4.75. The molecule has 0 amide bonds. The van der Waals surface area contributed by atoms with Gasteiger partial charge in [0, 0.05) is 5.41 Å². The Morgan fingerprint density at radius 1 is 0.882 bits per heavy atom. The van der Waals surface area contributed by atoms with Crippen molar-refractivity contribution in [3.05, 3.63) is 60.2 Å². The number of hydrogen-bond acceptors (Lipinski definition) is 1. The second-order valence-electron chi connectivity index (χ2n) is 4.75. The molecule has 0 spiro atoms. The van der Waals surface area contributed by atoms with E-state index in [1.54, 1.807) is 0 Å². The molecule has 0 fully saturated rings. The highest BCUT2D eigenvalue weighted by atomic mass is 16.1. The summed E-state index contributed by atoms with van der Waals surface area (Å²) >= 11 is 0. The molecule has 1 nitrogen and oxygen atoms in total. The van der Waals surface area contributed by atoms with E-state index in [4.69, 9.17) is 0 Å². The van der Waals surface area contributed by atoms with Gasteiger partial charge in [0.2, 0.25) is 0 Å². The molecule has 0 aromatic heterocycles. The lowest BCUT2D eigenvalue weighted by Crippen LogP contribution is -2.19. The van der Waals surface area contributed by atoms with Crippen LogP contribution in [0.3, 0.4) is 0 Å². The lowest BCUT2D eigenvalue weighted by molar-refractivity contribution is -0.111. The molecule has 0 radical (unpaired) electrons. The fourth-order valence-electron chi connectivity index (χ4n) is 1.98. The number of rotatable bonds is 3. The van der Waals surface area contributed by atoms with E-state index >= 15 is 0 Å². The quantitative estimate of drug-likeness (QED) is 0.724. The van der Waals surface area contributed by atoms with E-state index in [2.05, 4.69) is 18.2 Å². The lowest BCUT2D eigenvalue weighted by atomic mass is 9.81. The summed E-state index contributed by atoms with van der Waals surface area (Å²) in [6.45, 7) is 3.89. The lowest BCUT2D eigenvalue weighted by Gasteiger charge is -2.21. The zero-order valence-electron chi connectivity index (χ0n) is 10.2. The predicted octanol–water partition coefficient (Wildman–Crippen LogP) is 3.83. The second kappa shape index (κ2) is 4.54. The number of carbonyl (C=O) groups is 1. The zero-order valence-corrected chi connectivity index (χ0v) is 10.2. The Morgan fingerprint density at radius 3 is 2.12 bits per heavy atom. The summed E-state index contributed by atoms with van der Waals surface area (Å²) in [5, 5.41) is 0. The summed E-state index contributed by atoms with van der Waals surface area (Å²) in [7, 11) is 0. The highest BCUT2D eigenvalue weighted by Gasteiger charge is 2.22. The molecule has 0 atom stereocenters. The van der Waals surface area contributed by atoms with Crippen LogP contribution in [0.1, 0.15) is 19.4 Å². The van der Waals surface area contributed by atoms with Gasteiger partial charge in [0.1, 0.15) is 6.29 Å². The molecule has 0 aliphatic rings. The highest BCUT2D eigenvalue weighted by molar-refractivity contribution is 5.77. The first-order chi connectivity index (χ1) is 8.15. The Balaban J connectivity index is 2.60. The van der Waals surface area contributed by atoms with Crippen LogP contribution in [0.4, 0.5) is 0 Å². The van der Waals surface area contributed by atoms with Crippen LogP contribution in [0.2, 0.25) is 0 Å². The van der Waals surface area contributed by atoms with Gasteiger partial charge in [-0.1, -0.05) is 54.6 Å². The van der Waals surface area contributed by atoms with Crippen LogP contribution in [0.25, 0.3) is 11.1 Å². The third-order valence-electron chi connectivity index (χ3n) is 3.00.